The van der Waals surface area contributed by atoms with Gasteiger partial charge in [-0.15, -0.1) is 0 Å². The van der Waals surface area contributed by atoms with E-state index in [9.17, 15) is 9.18 Å². The van der Waals surface area contributed by atoms with E-state index in [4.69, 9.17) is 0 Å². The summed E-state index contributed by atoms with van der Waals surface area (Å²) in [6.07, 6.45) is 1.17. The summed E-state index contributed by atoms with van der Waals surface area (Å²) in [5.41, 5.74) is 1.87. The van der Waals surface area contributed by atoms with Gasteiger partial charge in [-0.2, -0.15) is 0 Å². The lowest BCUT2D eigenvalue weighted by molar-refractivity contribution is -0.116. The summed E-state index contributed by atoms with van der Waals surface area (Å²) < 4.78 is 12.8. The zero-order chi connectivity index (χ0) is 9.84. The first-order valence-electron chi connectivity index (χ1n) is 4.40. The molecule has 0 atom stereocenters. The number of hydrogen-bond donors (Lipinski definition) is 0. The first kappa shape index (κ1) is 9.90. The van der Waals surface area contributed by atoms with Crippen molar-refractivity contribution in [1.29, 1.82) is 0 Å². The molecule has 70 valence electrons. The number of carbonyl (C=O) groups excluding carboxylic acids is 1. The molecule has 0 spiro atoms. The molecule has 1 aromatic carbocycles. The number of Topliss-reactive ketones (excluding diaryl/α,β-unsaturated/α-hetero) is 1. The fourth-order valence-corrected chi connectivity index (χ4v) is 1.37. The van der Waals surface area contributed by atoms with Gasteiger partial charge in [0.05, 0.1) is 0 Å². The van der Waals surface area contributed by atoms with Crippen LogP contribution >= 0.6 is 0 Å². The molecule has 0 fully saturated rings. The minimum atomic E-state index is -0.270. The van der Waals surface area contributed by atoms with Crippen LogP contribution in [0.15, 0.2) is 18.2 Å². The quantitative estimate of drug-likeness (QED) is 0.698. The molecule has 0 aliphatic heterocycles. The first-order chi connectivity index (χ1) is 6.13. The Morgan fingerprint density at radius 3 is 2.62 bits per heavy atom. The van der Waals surface area contributed by atoms with E-state index in [1.54, 1.807) is 6.07 Å². The molecule has 0 amide bonds. The van der Waals surface area contributed by atoms with Gasteiger partial charge in [-0.1, -0.05) is 13.0 Å². The largest absolute Gasteiger partial charge is 0.300 e. The predicted octanol–water partition coefficient (Wildman–Crippen LogP) is 2.52. The van der Waals surface area contributed by atoms with E-state index < -0.39 is 0 Å². The van der Waals surface area contributed by atoms with Gasteiger partial charge >= 0.3 is 0 Å². The topological polar surface area (TPSA) is 17.1 Å². The Morgan fingerprint density at radius 2 is 2.08 bits per heavy atom. The zero-order valence-corrected chi connectivity index (χ0v) is 7.93. The summed E-state index contributed by atoms with van der Waals surface area (Å²) in [5, 5.41) is 0. The van der Waals surface area contributed by atoms with Gasteiger partial charge < -0.3 is 0 Å². The Kier molecular flexibility index (Phi) is 3.18. The third-order valence-electron chi connectivity index (χ3n) is 1.99. The monoisotopic (exact) mass is 180 g/mol. The molecule has 0 unspecified atom stereocenters. The number of aryl methyl sites for hydroxylation is 1. The number of halogens is 1. The summed E-state index contributed by atoms with van der Waals surface area (Å²) in [4.78, 5) is 10.9. The van der Waals surface area contributed by atoms with Gasteiger partial charge in [-0.3, -0.25) is 4.79 Å². The van der Waals surface area contributed by atoms with Crippen LogP contribution in [0.3, 0.4) is 0 Å². The van der Waals surface area contributed by atoms with E-state index in [2.05, 4.69) is 0 Å². The molecule has 0 saturated heterocycles. The Hall–Kier alpha value is -1.18. The van der Waals surface area contributed by atoms with Crippen LogP contribution in [0.25, 0.3) is 0 Å². The molecular formula is C11H13FO. The van der Waals surface area contributed by atoms with Gasteiger partial charge in [-0.05, 0) is 36.6 Å². The minimum Gasteiger partial charge on any atom is -0.300 e. The molecule has 0 bridgehead atoms. The highest BCUT2D eigenvalue weighted by molar-refractivity contribution is 5.78. The molecule has 1 aromatic rings. The smallest absolute Gasteiger partial charge is 0.134 e. The average Bonchev–Trinajstić information content (AvgIpc) is 2.03. The third-order valence-corrected chi connectivity index (χ3v) is 1.99. The zero-order valence-electron chi connectivity index (χ0n) is 7.93. The fourth-order valence-electron chi connectivity index (χ4n) is 1.37. The van der Waals surface area contributed by atoms with Gasteiger partial charge in [0.25, 0.3) is 0 Å². The van der Waals surface area contributed by atoms with Gasteiger partial charge in [0.1, 0.15) is 11.6 Å². The van der Waals surface area contributed by atoms with Crippen LogP contribution in [-0.2, 0) is 17.6 Å². The lowest BCUT2D eigenvalue weighted by Gasteiger charge is -2.05. The van der Waals surface area contributed by atoms with Crippen LogP contribution in [0.4, 0.5) is 4.39 Å². The maximum atomic E-state index is 12.8. The van der Waals surface area contributed by atoms with Gasteiger partial charge in [0.2, 0.25) is 0 Å². The summed E-state index contributed by atoms with van der Waals surface area (Å²) >= 11 is 0. The minimum absolute atomic E-state index is 0.0697. The normalized spacial score (nSPS) is 10.1. The van der Waals surface area contributed by atoms with E-state index >= 15 is 0 Å². The van der Waals surface area contributed by atoms with Crippen molar-refractivity contribution in [2.75, 3.05) is 0 Å². The lowest BCUT2D eigenvalue weighted by Crippen LogP contribution is -2.01. The number of rotatable bonds is 3. The molecule has 13 heavy (non-hydrogen) atoms. The Balaban J connectivity index is 3.01. The summed E-state index contributed by atoms with van der Waals surface area (Å²) in [5.74, 6) is -0.200. The van der Waals surface area contributed by atoms with Gasteiger partial charge in [0.15, 0.2) is 0 Å². The Labute approximate surface area is 77.6 Å². The van der Waals surface area contributed by atoms with Crippen molar-refractivity contribution in [3.05, 3.63) is 35.1 Å². The van der Waals surface area contributed by atoms with Crippen LogP contribution in [0.2, 0.25) is 0 Å². The van der Waals surface area contributed by atoms with Crippen LogP contribution in [0.1, 0.15) is 25.0 Å². The number of benzene rings is 1. The van der Waals surface area contributed by atoms with Crippen molar-refractivity contribution in [3.63, 3.8) is 0 Å². The molecule has 0 N–H and O–H groups in total. The van der Waals surface area contributed by atoms with Gasteiger partial charge in [0, 0.05) is 6.42 Å². The second-order valence-corrected chi connectivity index (χ2v) is 3.15. The van der Waals surface area contributed by atoms with E-state index in [0.717, 1.165) is 17.5 Å². The average molecular weight is 180 g/mol. The van der Waals surface area contributed by atoms with Crippen LogP contribution in [-0.4, -0.2) is 5.78 Å². The van der Waals surface area contributed by atoms with E-state index in [-0.39, 0.29) is 11.6 Å². The van der Waals surface area contributed by atoms with Crippen LogP contribution in [0.5, 0.6) is 0 Å². The first-order valence-corrected chi connectivity index (χ1v) is 4.40. The summed E-state index contributed by atoms with van der Waals surface area (Å²) in [6, 6.07) is 4.62. The highest BCUT2D eigenvalue weighted by Crippen LogP contribution is 2.12. The lowest BCUT2D eigenvalue weighted by atomic mass is 10.0. The summed E-state index contributed by atoms with van der Waals surface area (Å²) in [7, 11) is 0. The highest BCUT2D eigenvalue weighted by atomic mass is 19.1. The second kappa shape index (κ2) is 4.17. The van der Waals surface area contributed by atoms with E-state index in [0.29, 0.717) is 6.42 Å². The standard InChI is InChI=1S/C11H13FO/c1-3-9-4-5-11(12)7-10(9)6-8(2)13/h4-5,7H,3,6H2,1-2H3. The van der Waals surface area contributed by atoms with Crippen molar-refractivity contribution in [2.24, 2.45) is 0 Å². The van der Waals surface area contributed by atoms with Crippen molar-refractivity contribution < 1.29 is 9.18 Å². The third kappa shape index (κ3) is 2.65. The SMILES string of the molecule is CCc1ccc(F)cc1CC(C)=O. The second-order valence-electron chi connectivity index (χ2n) is 3.15. The molecule has 0 radical (unpaired) electrons. The summed E-state index contributed by atoms with van der Waals surface area (Å²) in [6.45, 7) is 3.52. The fraction of sp³-hybridized carbons (Fsp3) is 0.364. The van der Waals surface area contributed by atoms with E-state index in [1.165, 1.54) is 19.1 Å². The van der Waals surface area contributed by atoms with Crippen molar-refractivity contribution >= 4 is 5.78 Å². The Bertz CT molecular complexity index is 318. The Morgan fingerprint density at radius 1 is 1.38 bits per heavy atom. The molecule has 1 rings (SSSR count). The van der Waals surface area contributed by atoms with Crippen molar-refractivity contribution in [1.82, 2.24) is 0 Å². The molecule has 2 heteroatoms. The number of ketones is 1. The molecule has 1 nitrogen and oxygen atoms in total. The maximum absolute atomic E-state index is 12.8. The van der Waals surface area contributed by atoms with Crippen LogP contribution in [0, 0.1) is 5.82 Å². The van der Waals surface area contributed by atoms with Gasteiger partial charge in [-0.25, -0.2) is 4.39 Å². The molecule has 0 aliphatic rings. The van der Waals surface area contributed by atoms with Crippen molar-refractivity contribution in [3.8, 4) is 0 Å². The molecule has 0 heterocycles. The molecule has 0 aromatic heterocycles. The van der Waals surface area contributed by atoms with Crippen molar-refractivity contribution in [2.45, 2.75) is 26.7 Å². The predicted molar refractivity (Wildman–Crippen MR) is 50.2 cm³/mol. The van der Waals surface area contributed by atoms with Crippen LogP contribution < -0.4 is 0 Å². The molecular weight excluding hydrogens is 167 g/mol. The number of carbonyl (C=O) groups is 1. The number of hydrogen-bond acceptors (Lipinski definition) is 1. The van der Waals surface area contributed by atoms with E-state index in [1.807, 2.05) is 6.92 Å². The molecule has 0 saturated carbocycles. The molecule has 0 aliphatic carbocycles. The maximum Gasteiger partial charge on any atom is 0.134 e. The highest BCUT2D eigenvalue weighted by Gasteiger charge is 2.04.